The standard InChI is InChI=1S/C15H22ClN/c1-15(2,3)8-9-17-14-7-4-11-10-12(16)5-6-13(11)14/h5-6,10,14,17H,4,7-9H2,1-3H3. The first-order valence-electron chi connectivity index (χ1n) is 6.47. The molecule has 0 fully saturated rings. The molecule has 0 radical (unpaired) electrons. The van der Waals surface area contributed by atoms with Gasteiger partial charge in [0.05, 0.1) is 0 Å². The number of hydrogen-bond acceptors (Lipinski definition) is 1. The maximum atomic E-state index is 6.01. The van der Waals surface area contributed by atoms with Gasteiger partial charge in [-0.15, -0.1) is 0 Å². The van der Waals surface area contributed by atoms with Gasteiger partial charge >= 0.3 is 0 Å². The first-order chi connectivity index (χ1) is 7.96. The van der Waals surface area contributed by atoms with Crippen LogP contribution in [0.2, 0.25) is 5.02 Å². The van der Waals surface area contributed by atoms with Crippen molar-refractivity contribution in [3.8, 4) is 0 Å². The fraction of sp³-hybridized carbons (Fsp3) is 0.600. The van der Waals surface area contributed by atoms with Gasteiger partial charge in [-0.1, -0.05) is 38.4 Å². The van der Waals surface area contributed by atoms with Crippen LogP contribution in [0.15, 0.2) is 18.2 Å². The summed E-state index contributed by atoms with van der Waals surface area (Å²) in [4.78, 5) is 0. The SMILES string of the molecule is CC(C)(C)CCNC1CCc2cc(Cl)ccc21. The Morgan fingerprint density at radius 2 is 2.12 bits per heavy atom. The molecular weight excluding hydrogens is 230 g/mol. The van der Waals surface area contributed by atoms with Crippen molar-refractivity contribution in [2.45, 2.75) is 46.1 Å². The van der Waals surface area contributed by atoms with Crippen molar-refractivity contribution in [3.63, 3.8) is 0 Å². The Hall–Kier alpha value is -0.530. The normalized spacial score (nSPS) is 19.4. The Kier molecular flexibility index (Phi) is 3.79. The number of rotatable bonds is 3. The lowest BCUT2D eigenvalue weighted by atomic mass is 9.92. The second kappa shape index (κ2) is 4.99. The van der Waals surface area contributed by atoms with Gasteiger partial charge in [0.15, 0.2) is 0 Å². The smallest absolute Gasteiger partial charge is 0.0408 e. The molecule has 0 amide bonds. The molecule has 1 N–H and O–H groups in total. The highest BCUT2D eigenvalue weighted by Crippen LogP contribution is 2.33. The molecular formula is C15H22ClN. The summed E-state index contributed by atoms with van der Waals surface area (Å²) < 4.78 is 0. The minimum Gasteiger partial charge on any atom is -0.310 e. The highest BCUT2D eigenvalue weighted by Gasteiger charge is 2.22. The molecule has 0 saturated heterocycles. The number of hydrogen-bond donors (Lipinski definition) is 1. The Morgan fingerprint density at radius 3 is 2.82 bits per heavy atom. The molecule has 1 unspecified atom stereocenters. The van der Waals surface area contributed by atoms with Gasteiger partial charge in [-0.2, -0.15) is 0 Å². The molecule has 1 aromatic rings. The Bertz CT molecular complexity index is 392. The van der Waals surface area contributed by atoms with Gasteiger partial charge in [0.1, 0.15) is 0 Å². The molecule has 2 heteroatoms. The minimum absolute atomic E-state index is 0.411. The van der Waals surface area contributed by atoms with Crippen molar-refractivity contribution < 1.29 is 0 Å². The average Bonchev–Trinajstić information content (AvgIpc) is 2.59. The number of halogens is 1. The van der Waals surface area contributed by atoms with E-state index in [2.05, 4.69) is 38.2 Å². The first-order valence-corrected chi connectivity index (χ1v) is 6.85. The lowest BCUT2D eigenvalue weighted by Crippen LogP contribution is -2.24. The summed E-state index contributed by atoms with van der Waals surface area (Å²) >= 11 is 6.01. The molecule has 1 nitrogen and oxygen atoms in total. The van der Waals surface area contributed by atoms with E-state index in [-0.39, 0.29) is 0 Å². The van der Waals surface area contributed by atoms with Crippen LogP contribution in [0.4, 0.5) is 0 Å². The van der Waals surface area contributed by atoms with Crippen LogP contribution in [0.3, 0.4) is 0 Å². The van der Waals surface area contributed by atoms with E-state index in [0.29, 0.717) is 11.5 Å². The maximum absolute atomic E-state index is 6.01. The van der Waals surface area contributed by atoms with Gasteiger partial charge in [-0.3, -0.25) is 0 Å². The van der Waals surface area contributed by atoms with Crippen LogP contribution in [-0.2, 0) is 6.42 Å². The summed E-state index contributed by atoms with van der Waals surface area (Å²) in [5, 5.41) is 4.53. The van der Waals surface area contributed by atoms with E-state index in [1.807, 2.05) is 6.07 Å². The molecule has 17 heavy (non-hydrogen) atoms. The van der Waals surface area contributed by atoms with Gasteiger partial charge in [0.25, 0.3) is 0 Å². The maximum Gasteiger partial charge on any atom is 0.0408 e. The van der Waals surface area contributed by atoms with Gasteiger partial charge < -0.3 is 5.32 Å². The minimum atomic E-state index is 0.411. The molecule has 0 aromatic heterocycles. The zero-order valence-electron chi connectivity index (χ0n) is 11.0. The Balaban J connectivity index is 1.94. The third kappa shape index (κ3) is 3.46. The molecule has 1 aliphatic carbocycles. The summed E-state index contributed by atoms with van der Waals surface area (Å²) in [7, 11) is 0. The van der Waals surface area contributed by atoms with Gasteiger partial charge in [0, 0.05) is 11.1 Å². The summed E-state index contributed by atoms with van der Waals surface area (Å²) in [5.74, 6) is 0. The lowest BCUT2D eigenvalue weighted by molar-refractivity contribution is 0.354. The van der Waals surface area contributed by atoms with Crippen LogP contribution in [0, 0.1) is 5.41 Å². The number of nitrogens with one attached hydrogen (secondary N) is 1. The molecule has 1 aromatic carbocycles. The molecule has 0 saturated carbocycles. The van der Waals surface area contributed by atoms with E-state index in [0.717, 1.165) is 18.0 Å². The van der Waals surface area contributed by atoms with Crippen LogP contribution < -0.4 is 5.32 Å². The third-order valence-corrected chi connectivity index (χ3v) is 3.68. The van der Waals surface area contributed by atoms with Crippen LogP contribution in [0.5, 0.6) is 0 Å². The van der Waals surface area contributed by atoms with Crippen molar-refractivity contribution in [2.24, 2.45) is 5.41 Å². The highest BCUT2D eigenvalue weighted by atomic mass is 35.5. The van der Waals surface area contributed by atoms with Crippen molar-refractivity contribution in [1.29, 1.82) is 0 Å². The van der Waals surface area contributed by atoms with Crippen molar-refractivity contribution in [3.05, 3.63) is 34.3 Å². The monoisotopic (exact) mass is 251 g/mol. The van der Waals surface area contributed by atoms with Gasteiger partial charge in [-0.25, -0.2) is 0 Å². The molecule has 2 rings (SSSR count). The van der Waals surface area contributed by atoms with Gasteiger partial charge in [-0.05, 0) is 54.5 Å². The predicted octanol–water partition coefficient (Wildman–Crippen LogP) is 4.35. The molecule has 0 heterocycles. The predicted molar refractivity (Wildman–Crippen MR) is 74.6 cm³/mol. The third-order valence-electron chi connectivity index (χ3n) is 3.45. The topological polar surface area (TPSA) is 12.0 Å². The largest absolute Gasteiger partial charge is 0.310 e. The second-order valence-electron chi connectivity index (χ2n) is 6.20. The van der Waals surface area contributed by atoms with E-state index in [4.69, 9.17) is 11.6 Å². The molecule has 0 bridgehead atoms. The fourth-order valence-electron chi connectivity index (χ4n) is 2.42. The van der Waals surface area contributed by atoms with Crippen LogP contribution in [-0.4, -0.2) is 6.54 Å². The summed E-state index contributed by atoms with van der Waals surface area (Å²) in [6, 6.07) is 6.83. The zero-order chi connectivity index (χ0) is 12.5. The highest BCUT2D eigenvalue weighted by molar-refractivity contribution is 6.30. The van der Waals surface area contributed by atoms with Crippen LogP contribution in [0.25, 0.3) is 0 Å². The Labute approximate surface area is 110 Å². The zero-order valence-corrected chi connectivity index (χ0v) is 11.8. The fourth-order valence-corrected chi connectivity index (χ4v) is 2.61. The van der Waals surface area contributed by atoms with E-state index in [1.54, 1.807) is 0 Å². The van der Waals surface area contributed by atoms with E-state index < -0.39 is 0 Å². The summed E-state index contributed by atoms with van der Waals surface area (Å²) in [5.41, 5.74) is 3.28. The van der Waals surface area contributed by atoms with Crippen LogP contribution in [0.1, 0.15) is 50.8 Å². The number of benzene rings is 1. The molecule has 1 atom stereocenters. The van der Waals surface area contributed by atoms with Crippen LogP contribution >= 0.6 is 11.6 Å². The molecule has 94 valence electrons. The van der Waals surface area contributed by atoms with Crippen molar-refractivity contribution in [2.75, 3.05) is 6.54 Å². The van der Waals surface area contributed by atoms with E-state index in [9.17, 15) is 0 Å². The number of aryl methyl sites for hydroxylation is 1. The molecule has 1 aliphatic rings. The molecule has 0 spiro atoms. The summed E-state index contributed by atoms with van der Waals surface area (Å²) in [6.07, 6.45) is 3.58. The first kappa shape index (κ1) is 12.9. The lowest BCUT2D eigenvalue weighted by Gasteiger charge is -2.21. The van der Waals surface area contributed by atoms with Crippen molar-refractivity contribution >= 4 is 11.6 Å². The van der Waals surface area contributed by atoms with Gasteiger partial charge in [0.2, 0.25) is 0 Å². The number of fused-ring (bicyclic) bond motifs is 1. The van der Waals surface area contributed by atoms with Crippen molar-refractivity contribution in [1.82, 2.24) is 5.32 Å². The quantitative estimate of drug-likeness (QED) is 0.842. The second-order valence-corrected chi connectivity index (χ2v) is 6.64. The van der Waals surface area contributed by atoms with E-state index in [1.165, 1.54) is 24.0 Å². The Morgan fingerprint density at radius 1 is 1.35 bits per heavy atom. The van der Waals surface area contributed by atoms with E-state index >= 15 is 0 Å². The summed E-state index contributed by atoms with van der Waals surface area (Å²) in [6.45, 7) is 7.96. The average molecular weight is 252 g/mol. The molecule has 0 aliphatic heterocycles.